The van der Waals surface area contributed by atoms with Crippen molar-refractivity contribution >= 4 is 11.7 Å². The summed E-state index contributed by atoms with van der Waals surface area (Å²) in [5, 5.41) is 25.4. The number of pyridine rings is 1. The van der Waals surface area contributed by atoms with Crippen LogP contribution in [-0.4, -0.2) is 69.7 Å². The van der Waals surface area contributed by atoms with Gasteiger partial charge in [0.15, 0.2) is 5.82 Å². The van der Waals surface area contributed by atoms with Crippen molar-refractivity contribution in [3.63, 3.8) is 0 Å². The zero-order chi connectivity index (χ0) is 23.3. The number of nitrogens with one attached hydrogen (secondary N) is 1. The number of carbonyl (C=O) groups is 1. The number of anilines is 1. The first kappa shape index (κ1) is 21.2. The van der Waals surface area contributed by atoms with Crippen LogP contribution in [0.2, 0.25) is 0 Å². The fourth-order valence-electron chi connectivity index (χ4n) is 4.68. The van der Waals surface area contributed by atoms with Gasteiger partial charge in [0.05, 0.1) is 36.1 Å². The molecule has 0 radical (unpaired) electrons. The SMILES string of the molecule is Cc1nc2c(cc1-c1nnn(C)n1)CC[C@@]1(CCN(C(=O)[C@@H](C)c3nc(O)ncc3F)C1)N2. The Morgan fingerprint density at radius 1 is 1.33 bits per heavy atom. The van der Waals surface area contributed by atoms with Gasteiger partial charge in [-0.3, -0.25) is 4.79 Å². The summed E-state index contributed by atoms with van der Waals surface area (Å²) >= 11 is 0. The third kappa shape index (κ3) is 3.74. The van der Waals surface area contributed by atoms with Crippen LogP contribution in [0.1, 0.15) is 42.6 Å². The number of amides is 1. The molecule has 2 aliphatic rings. The van der Waals surface area contributed by atoms with Crippen molar-refractivity contribution in [3.8, 4) is 17.4 Å². The van der Waals surface area contributed by atoms with Crippen molar-refractivity contribution in [1.82, 2.24) is 40.1 Å². The highest BCUT2D eigenvalue weighted by atomic mass is 19.1. The maximum absolute atomic E-state index is 14.1. The van der Waals surface area contributed by atoms with Crippen LogP contribution in [0.3, 0.4) is 0 Å². The third-order valence-electron chi connectivity index (χ3n) is 6.50. The van der Waals surface area contributed by atoms with E-state index in [9.17, 15) is 14.3 Å². The normalized spacial score (nSPS) is 20.5. The van der Waals surface area contributed by atoms with Gasteiger partial charge in [-0.2, -0.15) is 9.78 Å². The monoisotopic (exact) mass is 453 g/mol. The molecule has 2 N–H and O–H groups in total. The van der Waals surface area contributed by atoms with Crippen LogP contribution in [0.15, 0.2) is 12.3 Å². The molecule has 3 aromatic heterocycles. The number of hydrogen-bond donors (Lipinski definition) is 2. The van der Waals surface area contributed by atoms with Crippen LogP contribution in [-0.2, 0) is 18.3 Å². The van der Waals surface area contributed by atoms with E-state index in [2.05, 4.69) is 36.8 Å². The van der Waals surface area contributed by atoms with Crippen LogP contribution >= 0.6 is 0 Å². The molecule has 1 fully saturated rings. The van der Waals surface area contributed by atoms with Crippen LogP contribution < -0.4 is 5.32 Å². The standard InChI is InChI=1S/C21H24FN9O2/c1-11(16-15(22)9-23-20(33)25-16)19(32)31-7-6-21(10-31)5-4-13-8-14(12(2)24-17(13)26-21)18-27-29-30(3)28-18/h8-9,11H,4-7,10H2,1-3H3,(H,24,26)(H,23,25,33)/t11-,21-/m0/s1. The van der Waals surface area contributed by atoms with Gasteiger partial charge in [0.1, 0.15) is 5.82 Å². The molecule has 2 atom stereocenters. The number of carbonyl (C=O) groups excluding carboxylic acids is 1. The third-order valence-corrected chi connectivity index (χ3v) is 6.50. The number of aryl methyl sites for hydroxylation is 3. The van der Waals surface area contributed by atoms with Gasteiger partial charge < -0.3 is 15.3 Å². The van der Waals surface area contributed by atoms with E-state index in [-0.39, 0.29) is 17.1 Å². The second kappa shape index (κ2) is 7.71. The van der Waals surface area contributed by atoms with E-state index in [1.54, 1.807) is 18.9 Å². The zero-order valence-electron chi connectivity index (χ0n) is 18.6. The summed E-state index contributed by atoms with van der Waals surface area (Å²) in [4.78, 5) is 28.1. The second-order valence-electron chi connectivity index (χ2n) is 8.77. The van der Waals surface area contributed by atoms with Crippen molar-refractivity contribution < 1.29 is 14.3 Å². The number of likely N-dealkylation sites (tertiary alicyclic amines) is 1. The molecule has 33 heavy (non-hydrogen) atoms. The minimum Gasteiger partial charge on any atom is -0.479 e. The smallest absolute Gasteiger partial charge is 0.314 e. The Kier molecular flexibility index (Phi) is 4.94. The quantitative estimate of drug-likeness (QED) is 0.602. The van der Waals surface area contributed by atoms with Crippen molar-refractivity contribution in [3.05, 3.63) is 35.0 Å². The summed E-state index contributed by atoms with van der Waals surface area (Å²) in [5.41, 5.74) is 2.33. The topological polar surface area (TPSA) is 135 Å². The van der Waals surface area contributed by atoms with E-state index in [1.165, 1.54) is 4.80 Å². The van der Waals surface area contributed by atoms with Crippen molar-refractivity contribution in [2.24, 2.45) is 7.05 Å². The summed E-state index contributed by atoms with van der Waals surface area (Å²) < 4.78 is 14.1. The number of halogens is 1. The molecule has 0 unspecified atom stereocenters. The Labute approximate surface area is 189 Å². The molecule has 1 amide bonds. The predicted octanol–water partition coefficient (Wildman–Crippen LogP) is 1.35. The first-order valence-corrected chi connectivity index (χ1v) is 10.8. The molecule has 0 bridgehead atoms. The largest absolute Gasteiger partial charge is 0.479 e. The second-order valence-corrected chi connectivity index (χ2v) is 8.77. The Balaban J connectivity index is 1.34. The fraction of sp³-hybridized carbons (Fsp3) is 0.476. The van der Waals surface area contributed by atoms with E-state index in [0.29, 0.717) is 18.9 Å². The Morgan fingerprint density at radius 3 is 2.91 bits per heavy atom. The summed E-state index contributed by atoms with van der Waals surface area (Å²) in [6.07, 6.45) is 3.27. The molecule has 11 nitrogen and oxygen atoms in total. The molecular weight excluding hydrogens is 429 g/mol. The highest BCUT2D eigenvalue weighted by Gasteiger charge is 2.43. The summed E-state index contributed by atoms with van der Waals surface area (Å²) in [6, 6.07) is 1.51. The molecule has 1 saturated heterocycles. The maximum Gasteiger partial charge on any atom is 0.314 e. The lowest BCUT2D eigenvalue weighted by molar-refractivity contribution is -0.131. The van der Waals surface area contributed by atoms with Crippen molar-refractivity contribution in [2.75, 3.05) is 18.4 Å². The number of rotatable bonds is 3. The van der Waals surface area contributed by atoms with Gasteiger partial charge >= 0.3 is 6.01 Å². The number of nitrogens with zero attached hydrogens (tertiary/aromatic N) is 8. The van der Waals surface area contributed by atoms with E-state index in [0.717, 1.165) is 48.1 Å². The summed E-state index contributed by atoms with van der Waals surface area (Å²) in [7, 11) is 1.72. The summed E-state index contributed by atoms with van der Waals surface area (Å²) in [6.45, 7) is 4.54. The minimum absolute atomic E-state index is 0.0992. The first-order valence-electron chi connectivity index (χ1n) is 10.8. The lowest BCUT2D eigenvalue weighted by Gasteiger charge is -2.36. The zero-order valence-corrected chi connectivity index (χ0v) is 18.6. The average Bonchev–Trinajstić information content (AvgIpc) is 3.40. The van der Waals surface area contributed by atoms with Gasteiger partial charge in [-0.15, -0.1) is 10.2 Å². The molecule has 2 aliphatic heterocycles. The molecule has 0 aromatic carbocycles. The highest BCUT2D eigenvalue weighted by molar-refractivity contribution is 5.83. The molecule has 0 saturated carbocycles. The average molecular weight is 453 g/mol. The van der Waals surface area contributed by atoms with Gasteiger partial charge in [-0.1, -0.05) is 0 Å². The van der Waals surface area contributed by atoms with Crippen molar-refractivity contribution in [1.29, 1.82) is 0 Å². The molecule has 5 rings (SSSR count). The number of aromatic nitrogens is 7. The molecule has 5 heterocycles. The van der Waals surface area contributed by atoms with Crippen LogP contribution in [0.25, 0.3) is 11.4 Å². The van der Waals surface area contributed by atoms with Crippen LogP contribution in [0.4, 0.5) is 10.2 Å². The highest BCUT2D eigenvalue weighted by Crippen LogP contribution is 2.38. The predicted molar refractivity (Wildman–Crippen MR) is 115 cm³/mol. The maximum atomic E-state index is 14.1. The van der Waals surface area contributed by atoms with Gasteiger partial charge in [0, 0.05) is 18.7 Å². The van der Waals surface area contributed by atoms with E-state index < -0.39 is 17.7 Å². The molecule has 1 spiro atoms. The van der Waals surface area contributed by atoms with Crippen LogP contribution in [0, 0.1) is 12.7 Å². The van der Waals surface area contributed by atoms with E-state index in [4.69, 9.17) is 4.98 Å². The van der Waals surface area contributed by atoms with E-state index in [1.807, 2.05) is 6.92 Å². The Bertz CT molecular complexity index is 1250. The first-order chi connectivity index (χ1) is 15.7. The van der Waals surface area contributed by atoms with Crippen molar-refractivity contribution in [2.45, 2.75) is 44.6 Å². The van der Waals surface area contributed by atoms with Gasteiger partial charge in [-0.05, 0) is 50.0 Å². The van der Waals surface area contributed by atoms with Gasteiger partial charge in [0.2, 0.25) is 11.7 Å². The fourth-order valence-corrected chi connectivity index (χ4v) is 4.68. The van der Waals surface area contributed by atoms with Crippen LogP contribution in [0.5, 0.6) is 6.01 Å². The summed E-state index contributed by atoms with van der Waals surface area (Å²) in [5.74, 6) is -0.418. The minimum atomic E-state index is -0.827. The molecule has 172 valence electrons. The molecule has 3 aromatic rings. The lowest BCUT2D eigenvalue weighted by atomic mass is 9.86. The lowest BCUT2D eigenvalue weighted by Crippen LogP contribution is -2.46. The number of tetrazole rings is 1. The number of hydrogen-bond acceptors (Lipinski definition) is 9. The Morgan fingerprint density at radius 2 is 2.15 bits per heavy atom. The van der Waals surface area contributed by atoms with E-state index >= 15 is 0 Å². The number of fused-ring (bicyclic) bond motifs is 1. The Hall–Kier alpha value is -3.70. The number of aromatic hydroxyl groups is 1. The molecule has 12 heteroatoms. The van der Waals surface area contributed by atoms with Gasteiger partial charge in [-0.25, -0.2) is 14.4 Å². The van der Waals surface area contributed by atoms with Gasteiger partial charge in [0.25, 0.3) is 0 Å². The molecule has 0 aliphatic carbocycles. The molecular formula is C21H24FN9O2.